The first kappa shape index (κ1) is 6.39. The highest BCUT2D eigenvalue weighted by atomic mass is 16.3. The number of nitrogens with zero attached hydrogens (tertiary/aromatic N) is 1. The molecule has 0 aromatic carbocycles. The molecule has 0 unspecified atom stereocenters. The summed E-state index contributed by atoms with van der Waals surface area (Å²) in [4.78, 5) is 10.1. The molecule has 0 saturated carbocycles. The molecule has 0 bridgehead atoms. The van der Waals surface area contributed by atoms with E-state index in [2.05, 4.69) is 0 Å². The fraction of sp³-hybridized carbons (Fsp3) is 0.667. The number of aliphatic hydroxyl groups excluding tert-OH is 1. The molecule has 0 aromatic rings. The summed E-state index contributed by atoms with van der Waals surface area (Å²) in [7, 11) is 1.37. The van der Waals surface area contributed by atoms with Crippen LogP contribution in [0.4, 0.5) is 0 Å². The van der Waals surface area contributed by atoms with Gasteiger partial charge in [0.05, 0.1) is 0 Å². The van der Waals surface area contributed by atoms with Crippen LogP contribution in [-0.2, 0) is 4.79 Å². The van der Waals surface area contributed by atoms with Gasteiger partial charge in [0.2, 0.25) is 0 Å². The van der Waals surface area contributed by atoms with E-state index in [-0.39, 0.29) is 0 Å². The largest absolute Gasteiger partial charge is 0.386 e. The standard InChI is InChI=1S/C3H8N2O2/c1-5(4)3(7)2-6/h6H,2,4H2,1H3. The molecule has 1 amide bonds. The molecule has 0 aromatic heterocycles. The van der Waals surface area contributed by atoms with Gasteiger partial charge in [0.1, 0.15) is 6.61 Å². The first-order valence-electron chi connectivity index (χ1n) is 1.80. The Labute approximate surface area is 41.5 Å². The molecule has 0 aliphatic heterocycles. The second-order valence-corrected chi connectivity index (χ2v) is 1.16. The van der Waals surface area contributed by atoms with E-state index >= 15 is 0 Å². The van der Waals surface area contributed by atoms with Crippen LogP contribution in [0.1, 0.15) is 0 Å². The van der Waals surface area contributed by atoms with Crippen molar-refractivity contribution in [3.8, 4) is 0 Å². The summed E-state index contributed by atoms with van der Waals surface area (Å²) >= 11 is 0. The smallest absolute Gasteiger partial charge is 0.261 e. The SMILES string of the molecule is CN(N)C(=O)CO. The Morgan fingerprint density at radius 1 is 2.00 bits per heavy atom. The third kappa shape index (κ3) is 2.13. The van der Waals surface area contributed by atoms with Crippen LogP contribution in [0.2, 0.25) is 0 Å². The summed E-state index contributed by atoms with van der Waals surface area (Å²) in [5, 5.41) is 8.87. The third-order valence-electron chi connectivity index (χ3n) is 0.529. The summed E-state index contributed by atoms with van der Waals surface area (Å²) < 4.78 is 0. The Morgan fingerprint density at radius 2 is 2.43 bits per heavy atom. The Morgan fingerprint density at radius 3 is 2.43 bits per heavy atom. The van der Waals surface area contributed by atoms with Gasteiger partial charge in [-0.05, 0) is 0 Å². The Bertz CT molecular complexity index is 71.3. The molecule has 4 nitrogen and oxygen atoms in total. The summed E-state index contributed by atoms with van der Waals surface area (Å²) in [6, 6.07) is 0. The maximum atomic E-state index is 10.1. The van der Waals surface area contributed by atoms with Crippen molar-refractivity contribution in [2.75, 3.05) is 13.7 Å². The number of aliphatic hydroxyl groups is 1. The van der Waals surface area contributed by atoms with E-state index in [1.54, 1.807) is 0 Å². The molecule has 0 atom stereocenters. The molecule has 0 spiro atoms. The van der Waals surface area contributed by atoms with Gasteiger partial charge in [-0.15, -0.1) is 0 Å². The number of nitrogens with two attached hydrogens (primary N) is 1. The normalized spacial score (nSPS) is 8.43. The van der Waals surface area contributed by atoms with Gasteiger partial charge >= 0.3 is 0 Å². The number of carbonyl (C=O) groups is 1. The molecule has 0 aliphatic rings. The minimum atomic E-state index is -0.521. The predicted octanol–water partition coefficient (Wildman–Crippen LogP) is -1.69. The van der Waals surface area contributed by atoms with Gasteiger partial charge in [0.25, 0.3) is 5.91 Å². The van der Waals surface area contributed by atoms with Crippen LogP contribution in [0.25, 0.3) is 0 Å². The molecule has 0 heterocycles. The van der Waals surface area contributed by atoms with Crippen molar-refractivity contribution in [2.45, 2.75) is 0 Å². The molecular formula is C3H8N2O2. The maximum Gasteiger partial charge on any atom is 0.261 e. The van der Waals surface area contributed by atoms with Crippen molar-refractivity contribution in [1.82, 2.24) is 5.01 Å². The van der Waals surface area contributed by atoms with E-state index in [0.29, 0.717) is 0 Å². The first-order chi connectivity index (χ1) is 3.18. The minimum absolute atomic E-state index is 0.486. The van der Waals surface area contributed by atoms with Crippen LogP contribution in [-0.4, -0.2) is 29.7 Å². The molecule has 0 saturated heterocycles. The lowest BCUT2D eigenvalue weighted by molar-refractivity contribution is -0.133. The van der Waals surface area contributed by atoms with E-state index in [9.17, 15) is 4.79 Å². The second-order valence-electron chi connectivity index (χ2n) is 1.16. The van der Waals surface area contributed by atoms with Gasteiger partial charge in [0.15, 0.2) is 0 Å². The third-order valence-corrected chi connectivity index (χ3v) is 0.529. The van der Waals surface area contributed by atoms with Crippen LogP contribution < -0.4 is 5.84 Å². The maximum absolute atomic E-state index is 10.1. The Kier molecular flexibility index (Phi) is 2.32. The number of amides is 1. The van der Waals surface area contributed by atoms with Crippen LogP contribution in [0, 0.1) is 0 Å². The van der Waals surface area contributed by atoms with Crippen LogP contribution >= 0.6 is 0 Å². The summed E-state index contributed by atoms with van der Waals surface area (Å²) in [5.74, 6) is 4.38. The average Bonchev–Trinajstić information content (AvgIpc) is 1.65. The lowest BCUT2D eigenvalue weighted by atomic mass is 10.6. The van der Waals surface area contributed by atoms with Gasteiger partial charge in [0, 0.05) is 7.05 Å². The van der Waals surface area contributed by atoms with Crippen LogP contribution in [0.5, 0.6) is 0 Å². The van der Waals surface area contributed by atoms with Crippen molar-refractivity contribution >= 4 is 5.91 Å². The van der Waals surface area contributed by atoms with Crippen molar-refractivity contribution in [3.05, 3.63) is 0 Å². The predicted molar refractivity (Wildman–Crippen MR) is 24.0 cm³/mol. The monoisotopic (exact) mass is 104 g/mol. The van der Waals surface area contributed by atoms with Gasteiger partial charge in [-0.25, -0.2) is 5.84 Å². The first-order valence-corrected chi connectivity index (χ1v) is 1.80. The molecular weight excluding hydrogens is 96.0 g/mol. The van der Waals surface area contributed by atoms with Crippen molar-refractivity contribution in [2.24, 2.45) is 5.84 Å². The topological polar surface area (TPSA) is 66.6 Å². The highest BCUT2D eigenvalue weighted by Crippen LogP contribution is 1.67. The average molecular weight is 104 g/mol. The fourth-order valence-electron chi connectivity index (χ4n) is 0.112. The van der Waals surface area contributed by atoms with Crippen LogP contribution in [0.15, 0.2) is 0 Å². The molecule has 42 valence electrons. The minimum Gasteiger partial charge on any atom is -0.386 e. The van der Waals surface area contributed by atoms with E-state index in [1.165, 1.54) is 7.05 Å². The fourth-order valence-corrected chi connectivity index (χ4v) is 0.112. The van der Waals surface area contributed by atoms with Gasteiger partial charge in [-0.3, -0.25) is 9.80 Å². The van der Waals surface area contributed by atoms with Crippen LogP contribution in [0.3, 0.4) is 0 Å². The molecule has 0 rings (SSSR count). The zero-order valence-corrected chi connectivity index (χ0v) is 4.09. The Hall–Kier alpha value is -0.610. The van der Waals surface area contributed by atoms with Gasteiger partial charge in [-0.2, -0.15) is 0 Å². The summed E-state index contributed by atoms with van der Waals surface area (Å²) in [6.45, 7) is -0.521. The zero-order chi connectivity index (χ0) is 5.86. The number of hydrazine groups is 1. The quantitative estimate of drug-likeness (QED) is 0.237. The van der Waals surface area contributed by atoms with E-state index in [4.69, 9.17) is 10.9 Å². The van der Waals surface area contributed by atoms with E-state index in [1.807, 2.05) is 0 Å². The number of hydrogen-bond donors (Lipinski definition) is 2. The molecule has 3 N–H and O–H groups in total. The number of likely N-dealkylation sites (N-methyl/N-ethyl adjacent to an activating group) is 1. The zero-order valence-electron chi connectivity index (χ0n) is 4.09. The van der Waals surface area contributed by atoms with Crippen molar-refractivity contribution < 1.29 is 9.90 Å². The molecule has 0 fully saturated rings. The number of carbonyl (C=O) groups excluding carboxylic acids is 1. The lowest BCUT2D eigenvalue weighted by Gasteiger charge is -2.04. The number of hydrogen-bond acceptors (Lipinski definition) is 3. The molecule has 4 heteroatoms. The summed E-state index contributed by atoms with van der Waals surface area (Å²) in [6.07, 6.45) is 0. The second kappa shape index (κ2) is 2.54. The van der Waals surface area contributed by atoms with E-state index < -0.39 is 12.5 Å². The summed E-state index contributed by atoms with van der Waals surface area (Å²) in [5.41, 5.74) is 0. The van der Waals surface area contributed by atoms with E-state index in [0.717, 1.165) is 5.01 Å². The molecule has 7 heavy (non-hydrogen) atoms. The highest BCUT2D eigenvalue weighted by Gasteiger charge is 1.97. The van der Waals surface area contributed by atoms with Gasteiger partial charge < -0.3 is 5.11 Å². The lowest BCUT2D eigenvalue weighted by Crippen LogP contribution is -2.35. The highest BCUT2D eigenvalue weighted by molar-refractivity contribution is 5.76. The van der Waals surface area contributed by atoms with Crippen molar-refractivity contribution in [1.29, 1.82) is 0 Å². The Balaban J connectivity index is 3.35. The van der Waals surface area contributed by atoms with Crippen molar-refractivity contribution in [3.63, 3.8) is 0 Å². The molecule has 0 aliphatic carbocycles. The molecule has 0 radical (unpaired) electrons. The van der Waals surface area contributed by atoms with Gasteiger partial charge in [-0.1, -0.05) is 0 Å². The number of rotatable bonds is 1.